The third kappa shape index (κ3) is 5.24. The van der Waals surface area contributed by atoms with Crippen LogP contribution in [0.1, 0.15) is 58.8 Å². The number of hydrogen-bond donors (Lipinski definition) is 3. The Kier molecular flexibility index (Phi) is 8.52. The van der Waals surface area contributed by atoms with E-state index < -0.39 is 47.2 Å². The number of allylic oxidation sites excluding steroid dienone is 4. The molecular weight excluding hydrogens is 506 g/mol. The van der Waals surface area contributed by atoms with Crippen molar-refractivity contribution in [3.8, 4) is 0 Å². The molecular formula is C29H41NO9. The molecule has 0 heterocycles. The van der Waals surface area contributed by atoms with Gasteiger partial charge in [-0.1, -0.05) is 25.5 Å². The van der Waals surface area contributed by atoms with E-state index in [0.717, 1.165) is 18.4 Å². The maximum Gasteiger partial charge on any atom is 0.306 e. The fourth-order valence-corrected chi connectivity index (χ4v) is 7.89. The monoisotopic (exact) mass is 547 g/mol. The lowest BCUT2D eigenvalue weighted by Gasteiger charge is -2.59. The van der Waals surface area contributed by atoms with Crippen molar-refractivity contribution in [2.24, 2.45) is 28.6 Å². The molecule has 4 rings (SSSR count). The van der Waals surface area contributed by atoms with Gasteiger partial charge in [-0.05, 0) is 56.1 Å². The third-order valence-electron chi connectivity index (χ3n) is 10.0. The fourth-order valence-electron chi connectivity index (χ4n) is 7.89. The number of ketones is 2. The smallest absolute Gasteiger partial charge is 0.306 e. The zero-order valence-corrected chi connectivity index (χ0v) is 23.2. The van der Waals surface area contributed by atoms with Gasteiger partial charge in [0.25, 0.3) is 0 Å². The summed E-state index contributed by atoms with van der Waals surface area (Å²) in [6, 6.07) is 0. The van der Waals surface area contributed by atoms with E-state index in [4.69, 9.17) is 14.2 Å². The molecule has 0 radical (unpaired) electrons. The Bertz CT molecular complexity index is 1060. The van der Waals surface area contributed by atoms with Crippen molar-refractivity contribution in [3.63, 3.8) is 0 Å². The average Bonchev–Trinajstić information content (AvgIpc) is 3.17. The number of aliphatic hydroxyl groups excluding tert-OH is 1. The van der Waals surface area contributed by atoms with Gasteiger partial charge in [-0.2, -0.15) is 0 Å². The van der Waals surface area contributed by atoms with Crippen LogP contribution in [0.4, 0.5) is 0 Å². The summed E-state index contributed by atoms with van der Waals surface area (Å²) in [5.41, 5.74) is -1.99. The first-order chi connectivity index (χ1) is 18.4. The molecule has 216 valence electrons. The van der Waals surface area contributed by atoms with Crippen molar-refractivity contribution >= 4 is 23.4 Å². The van der Waals surface area contributed by atoms with E-state index in [2.05, 4.69) is 12.2 Å². The van der Waals surface area contributed by atoms with Crippen molar-refractivity contribution < 1.29 is 43.6 Å². The topological polar surface area (TPSA) is 148 Å². The lowest BCUT2D eigenvalue weighted by atomic mass is 9.46. The van der Waals surface area contributed by atoms with Gasteiger partial charge in [-0.25, -0.2) is 0 Å². The molecule has 0 aliphatic heterocycles. The van der Waals surface area contributed by atoms with Gasteiger partial charge in [-0.15, -0.1) is 0 Å². The summed E-state index contributed by atoms with van der Waals surface area (Å²) in [6.45, 7) is 3.48. The van der Waals surface area contributed by atoms with Gasteiger partial charge in [0.05, 0.1) is 19.1 Å². The van der Waals surface area contributed by atoms with Gasteiger partial charge in [0.2, 0.25) is 11.7 Å². The summed E-state index contributed by atoms with van der Waals surface area (Å²) in [5.74, 6) is -1.72. The molecule has 10 nitrogen and oxygen atoms in total. The summed E-state index contributed by atoms with van der Waals surface area (Å²) in [7, 11) is 2.89. The van der Waals surface area contributed by atoms with Crippen LogP contribution in [0.15, 0.2) is 23.8 Å². The number of hydrogen-bond acceptors (Lipinski definition) is 9. The van der Waals surface area contributed by atoms with Gasteiger partial charge < -0.3 is 29.7 Å². The molecule has 0 spiro atoms. The minimum atomic E-state index is -1.73. The normalized spacial score (nSPS) is 37.0. The summed E-state index contributed by atoms with van der Waals surface area (Å²) in [6.07, 6.45) is 6.12. The number of aliphatic hydroxyl groups is 2. The maximum atomic E-state index is 13.3. The Morgan fingerprint density at radius 3 is 2.56 bits per heavy atom. The van der Waals surface area contributed by atoms with E-state index in [1.165, 1.54) is 14.2 Å². The van der Waals surface area contributed by atoms with Crippen molar-refractivity contribution in [2.75, 3.05) is 27.4 Å². The SMILES string of the molecule is COC(CNC(=O)CCC(=O)OCC(=O)[C@]1(O)CCC2[C@H]3CCC4=CC(=O)C=C[C@@]4(C)C3C(O)C[C@]21C)OC. The number of carbonyl (C=O) groups excluding carboxylic acids is 4. The number of ether oxygens (including phenoxy) is 3. The van der Waals surface area contributed by atoms with E-state index in [-0.39, 0.29) is 61.7 Å². The zero-order chi connectivity index (χ0) is 28.6. The fraction of sp³-hybridized carbons (Fsp3) is 0.724. The number of fused-ring (bicyclic) bond motifs is 5. The van der Waals surface area contributed by atoms with E-state index >= 15 is 0 Å². The lowest BCUT2D eigenvalue weighted by molar-refractivity contribution is -0.181. The highest BCUT2D eigenvalue weighted by Gasteiger charge is 2.68. The molecule has 0 aromatic heterocycles. The predicted octanol–water partition coefficient (Wildman–Crippen LogP) is 1.62. The highest BCUT2D eigenvalue weighted by Crippen LogP contribution is 2.67. The van der Waals surface area contributed by atoms with E-state index in [9.17, 15) is 29.4 Å². The van der Waals surface area contributed by atoms with Crippen molar-refractivity contribution in [3.05, 3.63) is 23.8 Å². The number of amides is 1. The molecule has 4 aliphatic carbocycles. The van der Waals surface area contributed by atoms with Gasteiger partial charge >= 0.3 is 5.97 Å². The van der Waals surface area contributed by atoms with E-state index in [0.29, 0.717) is 6.42 Å². The first kappa shape index (κ1) is 29.6. The van der Waals surface area contributed by atoms with E-state index in [1.807, 2.05) is 13.0 Å². The Morgan fingerprint density at radius 1 is 1.15 bits per heavy atom. The van der Waals surface area contributed by atoms with Gasteiger partial charge in [0, 0.05) is 37.4 Å². The summed E-state index contributed by atoms with van der Waals surface area (Å²) >= 11 is 0. The molecule has 3 saturated carbocycles. The summed E-state index contributed by atoms with van der Waals surface area (Å²) < 4.78 is 15.1. The minimum Gasteiger partial charge on any atom is -0.458 e. The average molecular weight is 548 g/mol. The molecule has 3 fully saturated rings. The molecule has 0 saturated heterocycles. The van der Waals surface area contributed by atoms with Crippen LogP contribution in [-0.2, 0) is 33.4 Å². The molecule has 0 aromatic rings. The molecule has 10 heteroatoms. The van der Waals surface area contributed by atoms with Crippen LogP contribution in [0.5, 0.6) is 0 Å². The Hall–Kier alpha value is -2.40. The van der Waals surface area contributed by atoms with Gasteiger partial charge in [0.1, 0.15) is 5.60 Å². The Balaban J connectivity index is 1.37. The molecule has 3 N–H and O–H groups in total. The summed E-state index contributed by atoms with van der Waals surface area (Å²) in [5, 5.41) is 25.8. The van der Waals surface area contributed by atoms with E-state index in [1.54, 1.807) is 12.2 Å². The van der Waals surface area contributed by atoms with Crippen LogP contribution in [0.25, 0.3) is 0 Å². The molecule has 1 amide bonds. The second-order valence-corrected chi connectivity index (χ2v) is 11.9. The number of carbonyl (C=O) groups is 4. The summed E-state index contributed by atoms with van der Waals surface area (Å²) in [4.78, 5) is 49.6. The number of methoxy groups -OCH3 is 2. The maximum absolute atomic E-state index is 13.3. The highest BCUT2D eigenvalue weighted by molar-refractivity contribution is 6.01. The zero-order valence-electron chi connectivity index (χ0n) is 23.2. The molecule has 39 heavy (non-hydrogen) atoms. The number of Topliss-reactive ketones (excluding diaryl/α,β-unsaturated/α-hetero) is 1. The molecule has 4 aliphatic rings. The van der Waals surface area contributed by atoms with Gasteiger partial charge in [0.15, 0.2) is 18.7 Å². The predicted molar refractivity (Wildman–Crippen MR) is 139 cm³/mol. The number of nitrogens with one attached hydrogen (secondary N) is 1. The second-order valence-electron chi connectivity index (χ2n) is 11.9. The first-order valence-corrected chi connectivity index (χ1v) is 13.8. The second kappa shape index (κ2) is 11.2. The largest absolute Gasteiger partial charge is 0.458 e. The van der Waals surface area contributed by atoms with Crippen molar-refractivity contribution in [1.29, 1.82) is 0 Å². The molecule has 0 aromatic carbocycles. The highest BCUT2D eigenvalue weighted by atomic mass is 16.7. The Morgan fingerprint density at radius 2 is 1.87 bits per heavy atom. The van der Waals surface area contributed by atoms with Crippen LogP contribution < -0.4 is 5.32 Å². The van der Waals surface area contributed by atoms with Crippen LogP contribution in [-0.4, -0.2) is 79.0 Å². The number of esters is 1. The van der Waals surface area contributed by atoms with Crippen molar-refractivity contribution in [2.45, 2.75) is 76.8 Å². The Labute approximate surface area is 229 Å². The lowest BCUT2D eigenvalue weighted by Crippen LogP contribution is -2.61. The molecule has 3 unspecified atom stereocenters. The first-order valence-electron chi connectivity index (χ1n) is 13.8. The standard InChI is InChI=1S/C29H41NO9/c1-27-11-9-18(31)13-17(27)5-6-19-20-10-12-29(36,28(20,2)14-21(32)26(19)27)22(33)16-39-24(35)8-7-23(34)30-15-25(37-3)38-4/h9,11,13,19-21,25-26,32,36H,5-8,10,12,14-16H2,1-4H3,(H,30,34)/t19-,20?,21?,26?,27-,28-,29-/m1/s1. The quantitative estimate of drug-likeness (QED) is 0.274. The van der Waals surface area contributed by atoms with Gasteiger partial charge in [-0.3, -0.25) is 19.2 Å². The van der Waals surface area contributed by atoms with Crippen LogP contribution in [0.3, 0.4) is 0 Å². The third-order valence-corrected chi connectivity index (χ3v) is 10.0. The minimum absolute atomic E-state index is 0.00618. The van der Waals surface area contributed by atoms with Crippen LogP contribution in [0.2, 0.25) is 0 Å². The van der Waals surface area contributed by atoms with Crippen molar-refractivity contribution in [1.82, 2.24) is 5.32 Å². The number of rotatable bonds is 10. The van der Waals surface area contributed by atoms with Crippen LogP contribution >= 0.6 is 0 Å². The van der Waals surface area contributed by atoms with Crippen LogP contribution in [0, 0.1) is 28.6 Å². The molecule has 0 bridgehead atoms. The molecule has 7 atom stereocenters.